The summed E-state index contributed by atoms with van der Waals surface area (Å²) in [5.74, 6) is -1.37. The smallest absolute Gasteiger partial charge is 0.335 e. The maximum Gasteiger partial charge on any atom is 0.335 e. The van der Waals surface area contributed by atoms with Crippen LogP contribution in [0.15, 0.2) is 52.7 Å². The summed E-state index contributed by atoms with van der Waals surface area (Å²) in [7, 11) is 0. The first-order chi connectivity index (χ1) is 10.1. The summed E-state index contributed by atoms with van der Waals surface area (Å²) in [6.07, 6.45) is 2.73. The minimum Gasteiger partial charge on any atom is -0.478 e. The number of aromatic carboxylic acids is 1. The van der Waals surface area contributed by atoms with Gasteiger partial charge in [0.25, 0.3) is 5.91 Å². The van der Waals surface area contributed by atoms with Gasteiger partial charge >= 0.3 is 5.97 Å². The Balaban J connectivity index is 2.19. The number of carboxylic acids is 1. The number of furan rings is 1. The highest BCUT2D eigenvalue weighted by atomic mass is 16.4. The second-order valence-corrected chi connectivity index (χ2v) is 4.03. The van der Waals surface area contributed by atoms with Crippen molar-refractivity contribution in [2.75, 3.05) is 5.32 Å². The predicted octanol–water partition coefficient (Wildman–Crippen LogP) is 2.52. The molecule has 0 saturated heterocycles. The Labute approximate surface area is 119 Å². The first-order valence-electron chi connectivity index (χ1n) is 5.90. The number of carbonyl (C=O) groups excluding carboxylic acids is 1. The van der Waals surface area contributed by atoms with Gasteiger partial charge in [-0.15, -0.1) is 0 Å². The maximum absolute atomic E-state index is 12.0. The van der Waals surface area contributed by atoms with Crippen molar-refractivity contribution in [3.63, 3.8) is 0 Å². The third kappa shape index (κ3) is 3.58. The standard InChI is InChI=1S/C15H10N2O4/c16-9-11(8-13-5-2-6-21-13)14(18)17-12-4-1-3-10(7-12)15(19)20/h1-8H,(H,17,18)(H,19,20)/b11-8-. The third-order valence-corrected chi connectivity index (χ3v) is 2.56. The summed E-state index contributed by atoms with van der Waals surface area (Å²) >= 11 is 0. The molecule has 0 aliphatic heterocycles. The SMILES string of the molecule is N#C/C(=C/c1ccco1)C(=O)Nc1cccc(C(=O)O)c1. The van der Waals surface area contributed by atoms with Crippen molar-refractivity contribution in [1.82, 2.24) is 0 Å². The molecule has 0 radical (unpaired) electrons. The Morgan fingerprint density at radius 1 is 1.29 bits per heavy atom. The van der Waals surface area contributed by atoms with Crippen molar-refractivity contribution in [1.29, 1.82) is 5.26 Å². The molecular formula is C15H10N2O4. The van der Waals surface area contributed by atoms with E-state index in [0.29, 0.717) is 11.4 Å². The van der Waals surface area contributed by atoms with Gasteiger partial charge in [-0.3, -0.25) is 4.79 Å². The predicted molar refractivity (Wildman–Crippen MR) is 74.3 cm³/mol. The van der Waals surface area contributed by atoms with Crippen LogP contribution in [-0.2, 0) is 4.79 Å². The number of rotatable bonds is 4. The van der Waals surface area contributed by atoms with Gasteiger partial charge in [-0.05, 0) is 30.3 Å². The van der Waals surface area contributed by atoms with Gasteiger partial charge in [-0.2, -0.15) is 5.26 Å². The molecule has 0 saturated carbocycles. The number of hydrogen-bond donors (Lipinski definition) is 2. The quantitative estimate of drug-likeness (QED) is 0.662. The van der Waals surface area contributed by atoms with Gasteiger partial charge in [-0.25, -0.2) is 4.79 Å². The molecule has 2 aromatic rings. The van der Waals surface area contributed by atoms with Crippen molar-refractivity contribution >= 4 is 23.6 Å². The number of carbonyl (C=O) groups is 2. The zero-order valence-electron chi connectivity index (χ0n) is 10.7. The molecule has 1 heterocycles. The van der Waals surface area contributed by atoms with E-state index in [4.69, 9.17) is 14.8 Å². The number of hydrogen-bond acceptors (Lipinski definition) is 4. The fourth-order valence-electron chi connectivity index (χ4n) is 1.59. The van der Waals surface area contributed by atoms with Crippen molar-refractivity contribution in [2.24, 2.45) is 0 Å². The molecule has 2 rings (SSSR count). The molecule has 6 heteroatoms. The van der Waals surface area contributed by atoms with Crippen molar-refractivity contribution in [3.05, 3.63) is 59.6 Å². The molecule has 1 amide bonds. The van der Waals surface area contributed by atoms with Crippen LogP contribution in [0.5, 0.6) is 0 Å². The van der Waals surface area contributed by atoms with E-state index in [2.05, 4.69) is 5.32 Å². The lowest BCUT2D eigenvalue weighted by molar-refractivity contribution is -0.112. The molecule has 0 aliphatic rings. The van der Waals surface area contributed by atoms with Crippen LogP contribution in [-0.4, -0.2) is 17.0 Å². The summed E-state index contributed by atoms with van der Waals surface area (Å²) < 4.78 is 5.03. The first-order valence-corrected chi connectivity index (χ1v) is 5.90. The zero-order chi connectivity index (χ0) is 15.2. The van der Waals surface area contributed by atoms with Crippen molar-refractivity contribution < 1.29 is 19.1 Å². The number of benzene rings is 1. The average molecular weight is 282 g/mol. The molecular weight excluding hydrogens is 272 g/mol. The van der Waals surface area contributed by atoms with Crippen LogP contribution in [0, 0.1) is 11.3 Å². The van der Waals surface area contributed by atoms with E-state index in [1.54, 1.807) is 18.2 Å². The fraction of sp³-hybridized carbons (Fsp3) is 0. The van der Waals surface area contributed by atoms with E-state index in [1.165, 1.54) is 36.6 Å². The number of nitriles is 1. The number of nitrogens with zero attached hydrogens (tertiary/aromatic N) is 1. The van der Waals surface area contributed by atoms with Gasteiger partial charge < -0.3 is 14.8 Å². The Kier molecular flexibility index (Phi) is 4.17. The third-order valence-electron chi connectivity index (χ3n) is 2.56. The van der Waals surface area contributed by atoms with Gasteiger partial charge in [-0.1, -0.05) is 6.07 Å². The van der Waals surface area contributed by atoms with Crippen LogP contribution < -0.4 is 5.32 Å². The van der Waals surface area contributed by atoms with Crippen LogP contribution in [0.1, 0.15) is 16.1 Å². The molecule has 0 aliphatic carbocycles. The van der Waals surface area contributed by atoms with E-state index >= 15 is 0 Å². The molecule has 104 valence electrons. The largest absolute Gasteiger partial charge is 0.478 e. The Morgan fingerprint density at radius 3 is 2.71 bits per heavy atom. The topological polar surface area (TPSA) is 103 Å². The molecule has 0 fully saturated rings. The number of anilines is 1. The highest BCUT2D eigenvalue weighted by Gasteiger charge is 2.11. The monoisotopic (exact) mass is 282 g/mol. The molecule has 1 aromatic heterocycles. The Morgan fingerprint density at radius 2 is 2.10 bits per heavy atom. The van der Waals surface area contributed by atoms with Crippen molar-refractivity contribution in [3.8, 4) is 6.07 Å². The lowest BCUT2D eigenvalue weighted by Gasteiger charge is -2.04. The summed E-state index contributed by atoms with van der Waals surface area (Å²) in [5, 5.41) is 20.3. The van der Waals surface area contributed by atoms with Crippen LogP contribution in [0.3, 0.4) is 0 Å². The van der Waals surface area contributed by atoms with E-state index < -0.39 is 11.9 Å². The van der Waals surface area contributed by atoms with E-state index in [9.17, 15) is 9.59 Å². The molecule has 1 aromatic carbocycles. The zero-order valence-corrected chi connectivity index (χ0v) is 10.7. The van der Waals surface area contributed by atoms with Gasteiger partial charge in [0.15, 0.2) is 0 Å². The lowest BCUT2D eigenvalue weighted by Crippen LogP contribution is -2.13. The summed E-state index contributed by atoms with van der Waals surface area (Å²) in [6, 6.07) is 10.8. The number of carboxylic acid groups (broad SMARTS) is 1. The summed E-state index contributed by atoms with van der Waals surface area (Å²) in [4.78, 5) is 22.8. The maximum atomic E-state index is 12.0. The first kappa shape index (κ1) is 14.1. The normalized spacial score (nSPS) is 10.7. The summed E-state index contributed by atoms with van der Waals surface area (Å²) in [5.41, 5.74) is 0.187. The van der Waals surface area contributed by atoms with Gasteiger partial charge in [0.2, 0.25) is 0 Å². The summed E-state index contributed by atoms with van der Waals surface area (Å²) in [6.45, 7) is 0. The van der Waals surface area contributed by atoms with Gasteiger partial charge in [0.1, 0.15) is 17.4 Å². The van der Waals surface area contributed by atoms with Crippen LogP contribution in [0.2, 0.25) is 0 Å². The number of nitrogens with one attached hydrogen (secondary N) is 1. The molecule has 6 nitrogen and oxygen atoms in total. The van der Waals surface area contributed by atoms with Crippen molar-refractivity contribution in [2.45, 2.75) is 0 Å². The Bertz CT molecular complexity index is 739. The second-order valence-electron chi connectivity index (χ2n) is 4.03. The lowest BCUT2D eigenvalue weighted by atomic mass is 10.2. The molecule has 0 bridgehead atoms. The van der Waals surface area contributed by atoms with E-state index in [1.807, 2.05) is 0 Å². The molecule has 2 N–H and O–H groups in total. The fourth-order valence-corrected chi connectivity index (χ4v) is 1.59. The highest BCUT2D eigenvalue weighted by molar-refractivity contribution is 6.09. The molecule has 0 atom stereocenters. The molecule has 0 spiro atoms. The minimum atomic E-state index is -1.10. The number of amides is 1. The minimum absolute atomic E-state index is 0.0429. The van der Waals surface area contributed by atoms with Crippen LogP contribution in [0.4, 0.5) is 5.69 Å². The van der Waals surface area contributed by atoms with Gasteiger partial charge in [0, 0.05) is 11.8 Å². The Hall–Kier alpha value is -3.33. The average Bonchev–Trinajstić information content (AvgIpc) is 2.97. The van der Waals surface area contributed by atoms with Gasteiger partial charge in [0.05, 0.1) is 11.8 Å². The second kappa shape index (κ2) is 6.21. The van der Waals surface area contributed by atoms with E-state index in [-0.39, 0.29) is 11.1 Å². The van der Waals surface area contributed by atoms with Crippen LogP contribution in [0.25, 0.3) is 6.08 Å². The molecule has 0 unspecified atom stereocenters. The van der Waals surface area contributed by atoms with Crippen LogP contribution >= 0.6 is 0 Å². The van der Waals surface area contributed by atoms with E-state index in [0.717, 1.165) is 0 Å². The highest BCUT2D eigenvalue weighted by Crippen LogP contribution is 2.13. The molecule has 21 heavy (non-hydrogen) atoms.